The van der Waals surface area contributed by atoms with Crippen LogP contribution < -0.4 is 5.73 Å². The summed E-state index contributed by atoms with van der Waals surface area (Å²) in [6.07, 6.45) is 0.823. The Balaban J connectivity index is 0.000000941. The second kappa shape index (κ2) is 12.0. The first kappa shape index (κ1) is 21.7. The Morgan fingerprint density at radius 2 is 1.28 bits per heavy atom. The third-order valence-electron chi connectivity index (χ3n) is 4.62. The number of rotatable bonds is 7. The summed E-state index contributed by atoms with van der Waals surface area (Å²) < 4.78 is 0. The average molecular weight is 390 g/mol. The molecule has 0 aliphatic rings. The second-order valence-electron chi connectivity index (χ2n) is 6.51. The zero-order chi connectivity index (χ0) is 20.9. The van der Waals surface area contributed by atoms with Crippen molar-refractivity contribution in [2.75, 3.05) is 6.54 Å². The molecule has 2 amide bonds. The highest BCUT2D eigenvalue weighted by atomic mass is 16.3. The Morgan fingerprint density at radius 1 is 0.862 bits per heavy atom. The van der Waals surface area contributed by atoms with Gasteiger partial charge in [0.05, 0.1) is 0 Å². The number of benzene rings is 3. The van der Waals surface area contributed by atoms with Gasteiger partial charge in [0.2, 0.25) is 0 Å². The Bertz CT molecular complexity index is 816. The molecule has 0 radical (unpaired) electrons. The van der Waals surface area contributed by atoms with Gasteiger partial charge in [0.15, 0.2) is 0 Å². The monoisotopic (exact) mass is 390 g/mol. The molecule has 0 fully saturated rings. The molecular weight excluding hydrogens is 364 g/mol. The summed E-state index contributed by atoms with van der Waals surface area (Å²) in [5, 5.41) is 6.89. The molecule has 29 heavy (non-hydrogen) atoms. The summed E-state index contributed by atoms with van der Waals surface area (Å²) in [5.41, 5.74) is 9.23. The van der Waals surface area contributed by atoms with Crippen LogP contribution >= 0.6 is 0 Å². The third-order valence-corrected chi connectivity index (χ3v) is 4.62. The van der Waals surface area contributed by atoms with Gasteiger partial charge in [0.1, 0.15) is 0 Å². The van der Waals surface area contributed by atoms with E-state index in [1.807, 2.05) is 42.5 Å². The fraction of sp³-hybridized carbons (Fsp3) is 0.167. The van der Waals surface area contributed by atoms with E-state index in [-0.39, 0.29) is 18.4 Å². The van der Waals surface area contributed by atoms with Crippen LogP contribution in [0, 0.1) is 0 Å². The number of urea groups is 1. The molecule has 0 spiro atoms. The highest BCUT2D eigenvalue weighted by Gasteiger charge is 2.17. The van der Waals surface area contributed by atoms with Gasteiger partial charge in [-0.1, -0.05) is 91.0 Å². The van der Waals surface area contributed by atoms with Crippen molar-refractivity contribution < 1.29 is 14.7 Å². The maximum atomic E-state index is 11.9. The Morgan fingerprint density at radius 3 is 1.69 bits per heavy atom. The fourth-order valence-corrected chi connectivity index (χ4v) is 3.25. The van der Waals surface area contributed by atoms with E-state index >= 15 is 0 Å². The first-order valence-corrected chi connectivity index (χ1v) is 9.41. The molecule has 0 saturated heterocycles. The molecule has 0 heterocycles. The van der Waals surface area contributed by atoms with E-state index in [0.717, 1.165) is 12.0 Å². The lowest BCUT2D eigenvalue weighted by Gasteiger charge is -2.24. The number of carbonyl (C=O) groups excluding carboxylic acids is 1. The van der Waals surface area contributed by atoms with E-state index in [0.29, 0.717) is 13.1 Å². The standard InChI is InChI=1S/C23H24N2O.CH2O2/c24-23(26)25(18-19-10-4-1-5-11-19)17-16-22(20-12-6-2-7-13-20)21-14-8-3-9-15-21;2-1-3/h1-15,22H,16-18H2,(H2,24,26);1H,(H,2,3). The highest BCUT2D eigenvalue weighted by Crippen LogP contribution is 2.28. The van der Waals surface area contributed by atoms with Crippen molar-refractivity contribution in [3.05, 3.63) is 108 Å². The molecule has 0 aliphatic carbocycles. The average Bonchev–Trinajstić information content (AvgIpc) is 2.76. The van der Waals surface area contributed by atoms with Gasteiger partial charge in [-0.25, -0.2) is 4.79 Å². The molecule has 3 aromatic rings. The van der Waals surface area contributed by atoms with Crippen molar-refractivity contribution in [1.82, 2.24) is 4.90 Å². The van der Waals surface area contributed by atoms with Crippen LogP contribution in [-0.2, 0) is 11.3 Å². The predicted molar refractivity (Wildman–Crippen MR) is 114 cm³/mol. The van der Waals surface area contributed by atoms with Crippen molar-refractivity contribution in [3.63, 3.8) is 0 Å². The van der Waals surface area contributed by atoms with Gasteiger partial charge in [-0.2, -0.15) is 0 Å². The predicted octanol–water partition coefficient (Wildman–Crippen LogP) is 4.49. The Labute approximate surface area is 171 Å². The summed E-state index contributed by atoms with van der Waals surface area (Å²) in [6.45, 7) is 0.894. The fourth-order valence-electron chi connectivity index (χ4n) is 3.25. The quantitative estimate of drug-likeness (QED) is 0.583. The van der Waals surface area contributed by atoms with E-state index < -0.39 is 0 Å². The number of hydrogen-bond donors (Lipinski definition) is 2. The van der Waals surface area contributed by atoms with Gasteiger partial charge in [-0.05, 0) is 23.1 Å². The highest BCUT2D eigenvalue weighted by molar-refractivity contribution is 5.72. The number of hydrogen-bond acceptors (Lipinski definition) is 2. The number of amides is 2. The molecule has 0 atom stereocenters. The molecule has 150 valence electrons. The molecule has 5 heteroatoms. The van der Waals surface area contributed by atoms with Crippen LogP contribution in [0.5, 0.6) is 0 Å². The number of carboxylic acid groups (broad SMARTS) is 1. The maximum absolute atomic E-state index is 11.9. The van der Waals surface area contributed by atoms with Crippen LogP contribution in [0.4, 0.5) is 4.79 Å². The van der Waals surface area contributed by atoms with Crippen molar-refractivity contribution in [2.45, 2.75) is 18.9 Å². The van der Waals surface area contributed by atoms with Crippen LogP contribution in [0.3, 0.4) is 0 Å². The molecule has 3 rings (SSSR count). The van der Waals surface area contributed by atoms with Crippen molar-refractivity contribution >= 4 is 12.5 Å². The zero-order valence-corrected chi connectivity index (χ0v) is 16.2. The lowest BCUT2D eigenvalue weighted by molar-refractivity contribution is -0.122. The van der Waals surface area contributed by atoms with Crippen LogP contribution in [0.25, 0.3) is 0 Å². The van der Waals surface area contributed by atoms with Crippen LogP contribution in [0.1, 0.15) is 29.0 Å². The van der Waals surface area contributed by atoms with E-state index in [4.69, 9.17) is 15.6 Å². The molecule has 0 aromatic heterocycles. The van der Waals surface area contributed by atoms with Crippen molar-refractivity contribution in [3.8, 4) is 0 Å². The third kappa shape index (κ3) is 7.14. The summed E-state index contributed by atoms with van der Waals surface area (Å²) in [4.78, 5) is 22.0. The molecule has 0 aliphatic heterocycles. The molecular formula is C24H26N2O3. The molecule has 5 nitrogen and oxygen atoms in total. The zero-order valence-electron chi connectivity index (χ0n) is 16.2. The minimum Gasteiger partial charge on any atom is -0.483 e. The van der Waals surface area contributed by atoms with Gasteiger partial charge < -0.3 is 15.7 Å². The first-order chi connectivity index (χ1) is 14.2. The van der Waals surface area contributed by atoms with Gasteiger partial charge in [0, 0.05) is 19.0 Å². The van der Waals surface area contributed by atoms with Gasteiger partial charge in [-0.15, -0.1) is 0 Å². The Hall–Kier alpha value is -3.60. The minimum atomic E-state index is -0.381. The molecule has 0 bridgehead atoms. The van der Waals surface area contributed by atoms with Crippen LogP contribution in [-0.4, -0.2) is 29.1 Å². The van der Waals surface area contributed by atoms with E-state index in [9.17, 15) is 4.79 Å². The number of carbonyl (C=O) groups is 2. The maximum Gasteiger partial charge on any atom is 0.315 e. The summed E-state index contributed by atoms with van der Waals surface area (Å²) in [7, 11) is 0. The van der Waals surface area contributed by atoms with Crippen molar-refractivity contribution in [1.29, 1.82) is 0 Å². The molecule has 0 saturated carbocycles. The minimum absolute atomic E-state index is 0.232. The van der Waals surface area contributed by atoms with E-state index in [2.05, 4.69) is 48.5 Å². The summed E-state index contributed by atoms with van der Waals surface area (Å²) >= 11 is 0. The first-order valence-electron chi connectivity index (χ1n) is 9.41. The summed E-state index contributed by atoms with van der Waals surface area (Å²) in [5.74, 6) is 0.232. The summed E-state index contributed by atoms with van der Waals surface area (Å²) in [6, 6.07) is 30.4. The van der Waals surface area contributed by atoms with Crippen LogP contribution in [0.15, 0.2) is 91.0 Å². The lowest BCUT2D eigenvalue weighted by atomic mass is 9.88. The van der Waals surface area contributed by atoms with E-state index in [1.165, 1.54) is 11.1 Å². The largest absolute Gasteiger partial charge is 0.483 e. The van der Waals surface area contributed by atoms with Gasteiger partial charge >= 0.3 is 6.03 Å². The smallest absolute Gasteiger partial charge is 0.315 e. The number of primary amides is 1. The normalized spacial score (nSPS) is 9.97. The van der Waals surface area contributed by atoms with Crippen molar-refractivity contribution in [2.24, 2.45) is 5.73 Å². The second-order valence-corrected chi connectivity index (χ2v) is 6.51. The lowest BCUT2D eigenvalue weighted by Crippen LogP contribution is -2.36. The van der Waals surface area contributed by atoms with Crippen LogP contribution in [0.2, 0.25) is 0 Å². The number of nitrogens with two attached hydrogens (primary N) is 1. The van der Waals surface area contributed by atoms with Gasteiger partial charge in [0.25, 0.3) is 6.47 Å². The topological polar surface area (TPSA) is 83.6 Å². The van der Waals surface area contributed by atoms with Gasteiger partial charge in [-0.3, -0.25) is 4.79 Å². The SMILES string of the molecule is NC(=O)N(CCC(c1ccccc1)c1ccccc1)Cc1ccccc1.O=CO. The Kier molecular flexibility index (Phi) is 8.96. The molecule has 3 aromatic carbocycles. The number of nitrogens with zero attached hydrogens (tertiary/aromatic N) is 1. The van der Waals surface area contributed by atoms with E-state index in [1.54, 1.807) is 4.90 Å². The molecule has 3 N–H and O–H groups in total. The molecule has 0 unspecified atom stereocenters.